The average Bonchev–Trinajstić information content (AvgIpc) is 3.52. The summed E-state index contributed by atoms with van der Waals surface area (Å²) in [5.41, 5.74) is 1.23. The highest BCUT2D eigenvalue weighted by Gasteiger charge is 2.44. The second-order valence-electron chi connectivity index (χ2n) is 12.1. The van der Waals surface area contributed by atoms with Crippen LogP contribution in [-0.4, -0.2) is 81.7 Å². The Bertz CT molecular complexity index is 1120. The highest BCUT2D eigenvalue weighted by atomic mass is 35.5. The summed E-state index contributed by atoms with van der Waals surface area (Å²) in [7, 11) is 0. The maximum absolute atomic E-state index is 14.1. The number of hydroxylamine groups is 2. The number of nitrogens with one attached hydrogen (secondary N) is 1. The van der Waals surface area contributed by atoms with Gasteiger partial charge in [-0.2, -0.15) is 5.10 Å². The highest BCUT2D eigenvalue weighted by molar-refractivity contribution is 6.30. The molecule has 1 amide bonds. The molecule has 0 bridgehead atoms. The quantitative estimate of drug-likeness (QED) is 0.385. The number of ether oxygens (including phenoxy) is 1. The number of amides is 1. The Morgan fingerprint density at radius 1 is 1.05 bits per heavy atom. The number of benzene rings is 1. The zero-order valence-corrected chi connectivity index (χ0v) is 25.5. The molecule has 1 aromatic carbocycles. The van der Waals surface area contributed by atoms with E-state index in [1.165, 1.54) is 32.1 Å². The average molecular weight is 601 g/mol. The Labute approximate surface area is 254 Å². The molecule has 2 aromatic rings. The van der Waals surface area contributed by atoms with Crippen molar-refractivity contribution in [2.45, 2.75) is 89.8 Å². The van der Waals surface area contributed by atoms with E-state index in [-0.39, 0.29) is 30.0 Å². The van der Waals surface area contributed by atoms with E-state index < -0.39 is 6.16 Å². The van der Waals surface area contributed by atoms with E-state index >= 15 is 0 Å². The van der Waals surface area contributed by atoms with Gasteiger partial charge in [-0.15, -0.1) is 5.06 Å². The zero-order chi connectivity index (χ0) is 29.4. The minimum atomic E-state index is -0.669. The van der Waals surface area contributed by atoms with Gasteiger partial charge in [-0.25, -0.2) is 9.78 Å². The van der Waals surface area contributed by atoms with Crippen molar-refractivity contribution in [2.75, 3.05) is 32.8 Å². The van der Waals surface area contributed by atoms with Crippen molar-refractivity contribution in [2.24, 2.45) is 11.3 Å². The molecular weight excluding hydrogens is 556 g/mol. The van der Waals surface area contributed by atoms with E-state index in [1.54, 1.807) is 18.3 Å². The summed E-state index contributed by atoms with van der Waals surface area (Å²) < 4.78 is 6.90. The van der Waals surface area contributed by atoms with Gasteiger partial charge in [0.2, 0.25) is 5.91 Å². The van der Waals surface area contributed by atoms with Gasteiger partial charge in [0.15, 0.2) is 0 Å². The van der Waals surface area contributed by atoms with Crippen molar-refractivity contribution >= 4 is 23.7 Å². The normalized spacial score (nSPS) is 21.1. The molecule has 2 aliphatic heterocycles. The van der Waals surface area contributed by atoms with Crippen molar-refractivity contribution in [1.29, 1.82) is 0 Å². The fourth-order valence-electron chi connectivity index (χ4n) is 7.16. The van der Waals surface area contributed by atoms with E-state index in [1.807, 2.05) is 35.3 Å². The van der Waals surface area contributed by atoms with Crippen LogP contribution in [0, 0.1) is 11.3 Å². The summed E-state index contributed by atoms with van der Waals surface area (Å²) in [5, 5.41) is 10.5. The van der Waals surface area contributed by atoms with Crippen molar-refractivity contribution in [1.82, 2.24) is 30.0 Å². The topological polar surface area (TPSA) is 102 Å². The van der Waals surface area contributed by atoms with Gasteiger partial charge in [0, 0.05) is 43.8 Å². The third kappa shape index (κ3) is 8.02. The molecule has 5 rings (SSSR count). The zero-order valence-electron chi connectivity index (χ0n) is 24.8. The van der Waals surface area contributed by atoms with E-state index in [0.29, 0.717) is 30.5 Å². The van der Waals surface area contributed by atoms with E-state index in [4.69, 9.17) is 21.2 Å². The second kappa shape index (κ2) is 14.7. The predicted molar refractivity (Wildman–Crippen MR) is 160 cm³/mol. The molecule has 1 aromatic heterocycles. The molecule has 3 aliphatic rings. The van der Waals surface area contributed by atoms with Gasteiger partial charge >= 0.3 is 6.16 Å². The van der Waals surface area contributed by atoms with E-state index in [9.17, 15) is 9.59 Å². The maximum Gasteiger partial charge on any atom is 0.527 e. The monoisotopic (exact) mass is 600 g/mol. The van der Waals surface area contributed by atoms with Gasteiger partial charge in [-0.1, -0.05) is 43.0 Å². The molecule has 0 spiro atoms. The highest BCUT2D eigenvalue weighted by Crippen LogP contribution is 2.47. The second-order valence-corrected chi connectivity index (χ2v) is 12.6. The summed E-state index contributed by atoms with van der Waals surface area (Å²) in [6.45, 7) is 5.61. The lowest BCUT2D eigenvalue weighted by molar-refractivity contribution is -0.142. The van der Waals surface area contributed by atoms with Crippen LogP contribution in [0.4, 0.5) is 4.79 Å². The van der Waals surface area contributed by atoms with Gasteiger partial charge in [-0.05, 0) is 80.9 Å². The first-order valence-electron chi connectivity index (χ1n) is 15.7. The number of carbonyl (C=O) groups excluding carboxylic acids is 2. The number of nitrogens with zero attached hydrogens (tertiary/aromatic N) is 5. The number of carbonyl (C=O) groups is 2. The third-order valence-electron chi connectivity index (χ3n) is 9.49. The predicted octanol–water partition coefficient (Wildman–Crippen LogP) is 4.87. The van der Waals surface area contributed by atoms with Crippen LogP contribution in [0.15, 0.2) is 36.9 Å². The third-order valence-corrected chi connectivity index (χ3v) is 9.75. The van der Waals surface area contributed by atoms with Crippen molar-refractivity contribution in [3.8, 4) is 0 Å². The lowest BCUT2D eigenvalue weighted by Crippen LogP contribution is -2.56. The van der Waals surface area contributed by atoms with Gasteiger partial charge < -0.3 is 19.8 Å². The molecule has 0 unspecified atom stereocenters. The smallest absolute Gasteiger partial charge is 0.433 e. The molecule has 10 nitrogen and oxygen atoms in total. The molecule has 1 atom stereocenters. The van der Waals surface area contributed by atoms with E-state index in [2.05, 4.69) is 20.3 Å². The first kappa shape index (κ1) is 30.8. The number of likely N-dealkylation sites (tertiary alicyclic amines) is 1. The molecule has 1 N–H and O–H groups in total. The fraction of sp³-hybridized carbons (Fsp3) is 0.677. The molecule has 3 fully saturated rings. The largest absolute Gasteiger partial charge is 0.527 e. The molecule has 1 aliphatic carbocycles. The molecule has 1 saturated carbocycles. The number of piperidine rings is 2. The van der Waals surface area contributed by atoms with E-state index in [0.717, 1.165) is 50.9 Å². The van der Waals surface area contributed by atoms with Crippen LogP contribution in [0.2, 0.25) is 5.02 Å². The minimum absolute atomic E-state index is 0.145. The Balaban J connectivity index is 1.24. The lowest BCUT2D eigenvalue weighted by atomic mass is 9.63. The summed E-state index contributed by atoms with van der Waals surface area (Å²) in [5.74, 6) is 0.825. The molecule has 2 saturated heterocycles. The fourth-order valence-corrected chi connectivity index (χ4v) is 7.29. The van der Waals surface area contributed by atoms with Crippen LogP contribution in [0.1, 0.15) is 70.3 Å². The Hall–Kier alpha value is -2.69. The summed E-state index contributed by atoms with van der Waals surface area (Å²) in [6.07, 6.45) is 13.3. The first-order valence-corrected chi connectivity index (χ1v) is 16.0. The molecule has 42 heavy (non-hydrogen) atoms. The number of rotatable bonds is 10. The summed E-state index contributed by atoms with van der Waals surface area (Å²) in [6, 6.07) is 7.57. The molecular formula is C31H45ClN6O4. The van der Waals surface area contributed by atoms with Crippen LogP contribution < -0.4 is 5.32 Å². The van der Waals surface area contributed by atoms with Crippen LogP contribution in [-0.2, 0) is 27.3 Å². The number of halogens is 1. The molecule has 230 valence electrons. The SMILES string of the molecule is CCOC(=O)ON1CCC(N[C@H](Cc2ccc(Cl)cc2)C(=O)N2CCC(Cn3cncn3)(C3CCCCC3)CC2)CC1. The lowest BCUT2D eigenvalue weighted by Gasteiger charge is -2.48. The van der Waals surface area contributed by atoms with Crippen molar-refractivity contribution in [3.05, 3.63) is 47.5 Å². The van der Waals surface area contributed by atoms with Crippen molar-refractivity contribution < 1.29 is 19.2 Å². The Kier molecular flexibility index (Phi) is 10.7. The van der Waals surface area contributed by atoms with Crippen LogP contribution in [0.5, 0.6) is 0 Å². The minimum Gasteiger partial charge on any atom is -0.433 e. The van der Waals surface area contributed by atoms with Crippen LogP contribution in [0.3, 0.4) is 0 Å². The van der Waals surface area contributed by atoms with Gasteiger partial charge in [-0.3, -0.25) is 9.48 Å². The van der Waals surface area contributed by atoms with Gasteiger partial charge in [0.25, 0.3) is 0 Å². The van der Waals surface area contributed by atoms with Crippen LogP contribution >= 0.6 is 11.6 Å². The van der Waals surface area contributed by atoms with Gasteiger partial charge in [0.05, 0.1) is 12.6 Å². The van der Waals surface area contributed by atoms with Gasteiger partial charge in [0.1, 0.15) is 12.7 Å². The molecule has 0 radical (unpaired) electrons. The Morgan fingerprint density at radius 2 is 1.76 bits per heavy atom. The standard InChI is InChI=1S/C31H45ClN6O4/c1-2-41-30(40)42-38-16-12-27(13-17-38)35-28(20-24-8-10-26(32)11-9-24)29(39)36-18-14-31(15-19-36,21-37-23-33-22-34-37)25-6-4-3-5-7-25/h8-11,22-23,25,27-28,35H,2-7,12-21H2,1H3/t28-/m1/s1. The summed E-state index contributed by atoms with van der Waals surface area (Å²) >= 11 is 6.15. The van der Waals surface area contributed by atoms with Crippen LogP contribution in [0.25, 0.3) is 0 Å². The maximum atomic E-state index is 14.1. The summed E-state index contributed by atoms with van der Waals surface area (Å²) in [4.78, 5) is 37.4. The molecule has 11 heteroatoms. The number of hydrogen-bond acceptors (Lipinski definition) is 8. The number of aromatic nitrogens is 3. The Morgan fingerprint density at radius 3 is 2.40 bits per heavy atom. The number of hydrogen-bond donors (Lipinski definition) is 1. The first-order chi connectivity index (χ1) is 20.4. The molecule has 3 heterocycles. The van der Waals surface area contributed by atoms with Crippen molar-refractivity contribution in [3.63, 3.8) is 0 Å².